The van der Waals surface area contributed by atoms with E-state index in [4.69, 9.17) is 4.74 Å². The van der Waals surface area contributed by atoms with Gasteiger partial charge in [-0.05, 0) is 68.1 Å². The molecule has 1 atom stereocenters. The van der Waals surface area contributed by atoms with E-state index >= 15 is 0 Å². The first kappa shape index (κ1) is 19.9. The number of esters is 1. The summed E-state index contributed by atoms with van der Waals surface area (Å²) in [5.41, 5.74) is 2.44. The van der Waals surface area contributed by atoms with E-state index in [9.17, 15) is 14.0 Å². The zero-order valence-corrected chi connectivity index (χ0v) is 16.0. The quantitative estimate of drug-likeness (QED) is 0.767. The molecule has 0 unspecified atom stereocenters. The Kier molecular flexibility index (Phi) is 6.63. The van der Waals surface area contributed by atoms with Crippen LogP contribution in [-0.4, -0.2) is 31.1 Å². The van der Waals surface area contributed by atoms with Crippen molar-refractivity contribution in [3.05, 3.63) is 59.9 Å². The Morgan fingerprint density at radius 3 is 2.32 bits per heavy atom. The number of nitrogens with one attached hydrogen (secondary N) is 1. The summed E-state index contributed by atoms with van der Waals surface area (Å²) in [6.07, 6.45) is 2.76. The van der Waals surface area contributed by atoms with Gasteiger partial charge in [-0.1, -0.05) is 12.1 Å². The van der Waals surface area contributed by atoms with E-state index in [0.717, 1.165) is 18.8 Å². The first-order chi connectivity index (χ1) is 13.5. The highest BCUT2D eigenvalue weighted by molar-refractivity contribution is 5.95. The number of nitrogens with zero attached hydrogens (tertiary/aromatic N) is 1. The van der Waals surface area contributed by atoms with Gasteiger partial charge in [-0.2, -0.15) is 0 Å². The number of benzene rings is 2. The van der Waals surface area contributed by atoms with Crippen molar-refractivity contribution in [3.8, 4) is 0 Å². The molecular formula is C22H25FN2O3. The number of amides is 1. The van der Waals surface area contributed by atoms with Gasteiger partial charge in [0.2, 0.25) is 0 Å². The molecule has 1 heterocycles. The zero-order chi connectivity index (χ0) is 19.9. The number of hydrogen-bond acceptors (Lipinski definition) is 4. The molecule has 0 saturated carbocycles. The zero-order valence-electron chi connectivity index (χ0n) is 16.0. The largest absolute Gasteiger partial charge is 0.452 e. The summed E-state index contributed by atoms with van der Waals surface area (Å²) in [4.78, 5) is 26.6. The van der Waals surface area contributed by atoms with Crippen LogP contribution in [-0.2, 0) is 20.7 Å². The summed E-state index contributed by atoms with van der Waals surface area (Å²) in [7, 11) is 0. The van der Waals surface area contributed by atoms with Gasteiger partial charge in [0.1, 0.15) is 5.82 Å². The number of piperidine rings is 1. The van der Waals surface area contributed by atoms with Crippen LogP contribution in [0.5, 0.6) is 0 Å². The topological polar surface area (TPSA) is 58.6 Å². The Bertz CT molecular complexity index is 800. The lowest BCUT2D eigenvalue weighted by atomic mass is 10.1. The van der Waals surface area contributed by atoms with Crippen molar-refractivity contribution in [1.82, 2.24) is 0 Å². The summed E-state index contributed by atoms with van der Waals surface area (Å²) in [6, 6.07) is 13.3. The number of hydrogen-bond donors (Lipinski definition) is 1. The van der Waals surface area contributed by atoms with Crippen LogP contribution in [0.3, 0.4) is 0 Å². The fourth-order valence-electron chi connectivity index (χ4n) is 3.21. The molecule has 28 heavy (non-hydrogen) atoms. The fourth-order valence-corrected chi connectivity index (χ4v) is 3.21. The van der Waals surface area contributed by atoms with Crippen LogP contribution in [0.15, 0.2) is 48.5 Å². The van der Waals surface area contributed by atoms with Crippen LogP contribution in [0.4, 0.5) is 15.8 Å². The average molecular weight is 384 g/mol. The highest BCUT2D eigenvalue weighted by Gasteiger charge is 2.18. The van der Waals surface area contributed by atoms with Crippen molar-refractivity contribution in [2.45, 2.75) is 38.7 Å². The normalized spacial score (nSPS) is 15.0. The van der Waals surface area contributed by atoms with E-state index in [1.807, 2.05) is 24.3 Å². The van der Waals surface area contributed by atoms with Crippen molar-refractivity contribution in [1.29, 1.82) is 0 Å². The Balaban J connectivity index is 1.49. The molecule has 1 amide bonds. The molecule has 148 valence electrons. The molecular weight excluding hydrogens is 359 g/mol. The molecule has 0 aromatic heterocycles. The van der Waals surface area contributed by atoms with Gasteiger partial charge in [-0.25, -0.2) is 4.39 Å². The molecule has 1 aliphatic heterocycles. The molecule has 0 aliphatic carbocycles. The van der Waals surface area contributed by atoms with Crippen LogP contribution in [0.2, 0.25) is 0 Å². The smallest absolute Gasteiger partial charge is 0.311 e. The van der Waals surface area contributed by atoms with Gasteiger partial charge in [0.05, 0.1) is 6.42 Å². The van der Waals surface area contributed by atoms with Gasteiger partial charge in [-0.3, -0.25) is 9.59 Å². The summed E-state index contributed by atoms with van der Waals surface area (Å²) in [5, 5.41) is 2.76. The van der Waals surface area contributed by atoms with Gasteiger partial charge in [0, 0.05) is 24.5 Å². The molecule has 5 nitrogen and oxygen atoms in total. The number of anilines is 2. The predicted octanol–water partition coefficient (Wildman–Crippen LogP) is 3.93. The van der Waals surface area contributed by atoms with Gasteiger partial charge in [-0.15, -0.1) is 0 Å². The van der Waals surface area contributed by atoms with Crippen molar-refractivity contribution in [2.75, 3.05) is 23.3 Å². The van der Waals surface area contributed by atoms with Crippen molar-refractivity contribution in [3.63, 3.8) is 0 Å². The number of carbonyl (C=O) groups is 2. The van der Waals surface area contributed by atoms with E-state index in [2.05, 4.69) is 10.2 Å². The first-order valence-electron chi connectivity index (χ1n) is 9.61. The molecule has 2 aromatic rings. The molecule has 6 heteroatoms. The van der Waals surface area contributed by atoms with Crippen molar-refractivity contribution in [2.24, 2.45) is 0 Å². The molecule has 0 radical (unpaired) electrons. The lowest BCUT2D eigenvalue weighted by molar-refractivity contribution is -0.152. The van der Waals surface area contributed by atoms with Gasteiger partial charge >= 0.3 is 5.97 Å². The first-order valence-corrected chi connectivity index (χ1v) is 9.61. The Hall–Kier alpha value is -2.89. The third-order valence-electron chi connectivity index (χ3n) is 4.80. The van der Waals surface area contributed by atoms with Crippen LogP contribution >= 0.6 is 0 Å². The minimum atomic E-state index is -0.922. The maximum absolute atomic E-state index is 12.9. The number of ether oxygens (including phenoxy) is 1. The van der Waals surface area contributed by atoms with Crippen LogP contribution in [0, 0.1) is 5.82 Å². The fraction of sp³-hybridized carbons (Fsp3) is 0.364. The average Bonchev–Trinajstić information content (AvgIpc) is 2.71. The molecule has 1 fully saturated rings. The molecule has 0 spiro atoms. The number of halogens is 1. The van der Waals surface area contributed by atoms with E-state index in [1.165, 1.54) is 50.5 Å². The summed E-state index contributed by atoms with van der Waals surface area (Å²) < 4.78 is 18.1. The van der Waals surface area contributed by atoms with Gasteiger partial charge < -0.3 is 15.0 Å². The van der Waals surface area contributed by atoms with Gasteiger partial charge in [0.15, 0.2) is 6.10 Å². The molecule has 1 saturated heterocycles. The standard InChI is InChI=1S/C22H25FN2O3/c1-16(28-21(26)15-17-5-7-18(23)8-6-17)22(27)24-19-9-11-20(12-10-19)25-13-3-2-4-14-25/h5-12,16H,2-4,13-15H2,1H3,(H,24,27)/t16-/m1/s1. The maximum atomic E-state index is 12.9. The molecule has 1 N–H and O–H groups in total. The lowest BCUT2D eigenvalue weighted by Crippen LogP contribution is -2.30. The Morgan fingerprint density at radius 2 is 1.68 bits per heavy atom. The maximum Gasteiger partial charge on any atom is 0.311 e. The van der Waals surface area contributed by atoms with E-state index in [-0.39, 0.29) is 12.2 Å². The van der Waals surface area contributed by atoms with E-state index in [0.29, 0.717) is 11.3 Å². The van der Waals surface area contributed by atoms with E-state index < -0.39 is 18.0 Å². The van der Waals surface area contributed by atoms with Crippen LogP contribution < -0.4 is 10.2 Å². The number of carbonyl (C=O) groups excluding carboxylic acids is 2. The Labute approximate surface area is 164 Å². The Morgan fingerprint density at radius 1 is 1.04 bits per heavy atom. The van der Waals surface area contributed by atoms with Crippen molar-refractivity contribution >= 4 is 23.3 Å². The third kappa shape index (κ3) is 5.55. The highest BCUT2D eigenvalue weighted by Crippen LogP contribution is 2.22. The predicted molar refractivity (Wildman–Crippen MR) is 107 cm³/mol. The monoisotopic (exact) mass is 384 g/mol. The second-order valence-corrected chi connectivity index (χ2v) is 7.02. The summed E-state index contributed by atoms with van der Waals surface area (Å²) in [5.74, 6) is -1.29. The second kappa shape index (κ2) is 9.35. The third-order valence-corrected chi connectivity index (χ3v) is 4.80. The highest BCUT2D eigenvalue weighted by atomic mass is 19.1. The minimum Gasteiger partial charge on any atom is -0.452 e. The molecule has 1 aliphatic rings. The van der Waals surface area contributed by atoms with Crippen LogP contribution in [0.25, 0.3) is 0 Å². The lowest BCUT2D eigenvalue weighted by Gasteiger charge is -2.28. The SMILES string of the molecule is C[C@@H](OC(=O)Cc1ccc(F)cc1)C(=O)Nc1ccc(N2CCCCC2)cc1. The van der Waals surface area contributed by atoms with E-state index in [1.54, 1.807) is 0 Å². The summed E-state index contributed by atoms with van der Waals surface area (Å²) in [6.45, 7) is 3.65. The van der Waals surface area contributed by atoms with Gasteiger partial charge in [0.25, 0.3) is 5.91 Å². The molecule has 2 aromatic carbocycles. The van der Waals surface area contributed by atoms with Crippen molar-refractivity contribution < 1.29 is 18.7 Å². The summed E-state index contributed by atoms with van der Waals surface area (Å²) >= 11 is 0. The molecule has 0 bridgehead atoms. The number of rotatable bonds is 6. The molecule has 3 rings (SSSR count). The van der Waals surface area contributed by atoms with Crippen LogP contribution in [0.1, 0.15) is 31.7 Å². The minimum absolute atomic E-state index is 0.0115. The second-order valence-electron chi connectivity index (χ2n) is 7.02.